The summed E-state index contributed by atoms with van der Waals surface area (Å²) >= 11 is 0. The molecule has 0 aromatic carbocycles. The van der Waals surface area contributed by atoms with Crippen LogP contribution in [0.3, 0.4) is 0 Å². The van der Waals surface area contributed by atoms with E-state index in [2.05, 4.69) is 22.5 Å². The second kappa shape index (κ2) is 3.47. The number of carbonyl (C=O) groups is 2. The highest BCUT2D eigenvalue weighted by molar-refractivity contribution is 5.88. The minimum atomic E-state index is -0.650. The molecule has 0 saturated carbocycles. The summed E-state index contributed by atoms with van der Waals surface area (Å²) in [6, 6.07) is -0.258. The van der Waals surface area contributed by atoms with Crippen molar-refractivity contribution in [3.05, 3.63) is 12.7 Å². The highest BCUT2D eigenvalue weighted by Crippen LogP contribution is 2.09. The van der Waals surface area contributed by atoms with E-state index in [1.54, 1.807) is 0 Å². The first kappa shape index (κ1) is 9.57. The van der Waals surface area contributed by atoms with Crippen molar-refractivity contribution in [1.82, 2.24) is 16.0 Å². The molecule has 13 heavy (non-hydrogen) atoms. The Labute approximate surface area is 76.6 Å². The summed E-state index contributed by atoms with van der Waals surface area (Å²) in [6.45, 7) is 5.63. The predicted octanol–water partition coefficient (Wildman–Crippen LogP) is -0.292. The SMILES string of the molecule is C=CC(=O)NC1(CC)CNC(=O)N1. The standard InChI is InChI=1S/C8H13N3O2/c1-3-6(12)10-8(4-2)5-9-7(13)11-8/h3H,1,4-5H2,2H3,(H,10,12)(H2,9,11,13). The maximum atomic E-state index is 11.0. The molecule has 1 unspecified atom stereocenters. The van der Waals surface area contributed by atoms with Crippen LogP contribution in [0.15, 0.2) is 12.7 Å². The molecule has 3 N–H and O–H groups in total. The van der Waals surface area contributed by atoms with Crippen LogP contribution >= 0.6 is 0 Å². The lowest BCUT2D eigenvalue weighted by Gasteiger charge is -2.26. The van der Waals surface area contributed by atoms with Gasteiger partial charge in [-0.25, -0.2) is 4.79 Å². The Balaban J connectivity index is 2.65. The Bertz CT molecular complexity index is 252. The lowest BCUT2D eigenvalue weighted by Crippen LogP contribution is -2.57. The average molecular weight is 183 g/mol. The molecule has 0 aliphatic carbocycles. The van der Waals surface area contributed by atoms with Crippen LogP contribution in [-0.2, 0) is 4.79 Å². The predicted molar refractivity (Wildman–Crippen MR) is 47.9 cm³/mol. The van der Waals surface area contributed by atoms with Gasteiger partial charge in [-0.1, -0.05) is 13.5 Å². The minimum absolute atomic E-state index is 0.258. The first-order chi connectivity index (χ1) is 6.12. The molecule has 0 aromatic rings. The van der Waals surface area contributed by atoms with E-state index >= 15 is 0 Å². The Kier molecular flexibility index (Phi) is 2.55. The molecule has 1 aliphatic heterocycles. The highest BCUT2D eigenvalue weighted by atomic mass is 16.2. The molecule has 1 fully saturated rings. The van der Waals surface area contributed by atoms with Crippen LogP contribution in [0.2, 0.25) is 0 Å². The first-order valence-corrected chi connectivity index (χ1v) is 4.12. The molecule has 1 aliphatic rings. The molecular formula is C8H13N3O2. The van der Waals surface area contributed by atoms with Gasteiger partial charge >= 0.3 is 6.03 Å². The van der Waals surface area contributed by atoms with Crippen molar-refractivity contribution in [2.24, 2.45) is 0 Å². The van der Waals surface area contributed by atoms with Crippen LogP contribution in [0, 0.1) is 0 Å². The number of hydrogen-bond acceptors (Lipinski definition) is 2. The lowest BCUT2D eigenvalue weighted by atomic mass is 10.1. The third-order valence-corrected chi connectivity index (χ3v) is 2.05. The zero-order chi connectivity index (χ0) is 9.90. The van der Waals surface area contributed by atoms with Gasteiger partial charge in [0.2, 0.25) is 5.91 Å². The number of urea groups is 1. The number of carbonyl (C=O) groups excluding carboxylic acids is 2. The number of rotatable bonds is 3. The third kappa shape index (κ3) is 1.99. The molecule has 1 atom stereocenters. The summed E-state index contributed by atoms with van der Waals surface area (Å²) < 4.78 is 0. The maximum Gasteiger partial charge on any atom is 0.316 e. The maximum absolute atomic E-state index is 11.0. The van der Waals surface area contributed by atoms with Gasteiger partial charge in [0.1, 0.15) is 5.66 Å². The van der Waals surface area contributed by atoms with Crippen molar-refractivity contribution in [3.63, 3.8) is 0 Å². The van der Waals surface area contributed by atoms with E-state index in [1.165, 1.54) is 6.08 Å². The monoisotopic (exact) mass is 183 g/mol. The van der Waals surface area contributed by atoms with Crippen molar-refractivity contribution in [3.8, 4) is 0 Å². The molecule has 72 valence electrons. The molecular weight excluding hydrogens is 170 g/mol. The van der Waals surface area contributed by atoms with Crippen molar-refractivity contribution in [1.29, 1.82) is 0 Å². The molecule has 0 bridgehead atoms. The average Bonchev–Trinajstić information content (AvgIpc) is 2.48. The van der Waals surface area contributed by atoms with E-state index in [1.807, 2.05) is 6.92 Å². The Morgan fingerprint density at radius 3 is 2.92 bits per heavy atom. The molecule has 3 amide bonds. The summed E-state index contributed by atoms with van der Waals surface area (Å²) in [6.07, 6.45) is 1.81. The molecule has 1 saturated heterocycles. The van der Waals surface area contributed by atoms with E-state index in [0.29, 0.717) is 13.0 Å². The number of hydrogen-bond donors (Lipinski definition) is 3. The van der Waals surface area contributed by atoms with Gasteiger partial charge in [0.25, 0.3) is 0 Å². The van der Waals surface area contributed by atoms with Crippen molar-refractivity contribution >= 4 is 11.9 Å². The molecule has 1 rings (SSSR count). The second-order valence-corrected chi connectivity index (χ2v) is 2.94. The molecule has 0 spiro atoms. The lowest BCUT2D eigenvalue weighted by molar-refractivity contribution is -0.118. The zero-order valence-electron chi connectivity index (χ0n) is 7.52. The van der Waals surface area contributed by atoms with E-state index in [-0.39, 0.29) is 11.9 Å². The van der Waals surface area contributed by atoms with Gasteiger partial charge in [0.15, 0.2) is 0 Å². The molecule has 0 aromatic heterocycles. The van der Waals surface area contributed by atoms with Gasteiger partial charge in [-0.2, -0.15) is 0 Å². The van der Waals surface area contributed by atoms with Gasteiger partial charge in [-0.15, -0.1) is 0 Å². The topological polar surface area (TPSA) is 70.2 Å². The fourth-order valence-electron chi connectivity index (χ4n) is 1.20. The summed E-state index contributed by atoms with van der Waals surface area (Å²) in [5.74, 6) is -0.286. The van der Waals surface area contributed by atoms with Crippen LogP contribution in [0.5, 0.6) is 0 Å². The molecule has 1 heterocycles. The van der Waals surface area contributed by atoms with E-state index in [9.17, 15) is 9.59 Å². The summed E-state index contributed by atoms with van der Waals surface area (Å²) in [5.41, 5.74) is -0.650. The van der Waals surface area contributed by atoms with Crippen molar-refractivity contribution in [2.45, 2.75) is 19.0 Å². The van der Waals surface area contributed by atoms with E-state index in [0.717, 1.165) is 0 Å². The zero-order valence-corrected chi connectivity index (χ0v) is 7.52. The highest BCUT2D eigenvalue weighted by Gasteiger charge is 2.36. The smallest absolute Gasteiger partial charge is 0.316 e. The van der Waals surface area contributed by atoms with E-state index in [4.69, 9.17) is 0 Å². The first-order valence-electron chi connectivity index (χ1n) is 4.12. The van der Waals surface area contributed by atoms with Crippen LogP contribution in [0.25, 0.3) is 0 Å². The Morgan fingerprint density at radius 2 is 2.54 bits per heavy atom. The minimum Gasteiger partial charge on any atom is -0.334 e. The van der Waals surface area contributed by atoms with Gasteiger partial charge in [-0.05, 0) is 12.5 Å². The fraction of sp³-hybridized carbons (Fsp3) is 0.500. The number of nitrogens with one attached hydrogen (secondary N) is 3. The van der Waals surface area contributed by atoms with E-state index < -0.39 is 5.66 Å². The van der Waals surface area contributed by atoms with Crippen LogP contribution in [0.4, 0.5) is 4.79 Å². The van der Waals surface area contributed by atoms with Crippen LogP contribution < -0.4 is 16.0 Å². The van der Waals surface area contributed by atoms with Gasteiger partial charge in [-0.3, -0.25) is 4.79 Å². The second-order valence-electron chi connectivity index (χ2n) is 2.94. The summed E-state index contributed by atoms with van der Waals surface area (Å²) in [7, 11) is 0. The summed E-state index contributed by atoms with van der Waals surface area (Å²) in [4.78, 5) is 21.9. The normalized spacial score (nSPS) is 26.1. The fourth-order valence-corrected chi connectivity index (χ4v) is 1.20. The van der Waals surface area contributed by atoms with Crippen molar-refractivity contribution < 1.29 is 9.59 Å². The van der Waals surface area contributed by atoms with Crippen LogP contribution in [0.1, 0.15) is 13.3 Å². The number of amides is 3. The molecule has 5 heteroatoms. The van der Waals surface area contributed by atoms with Gasteiger partial charge in [0.05, 0.1) is 6.54 Å². The third-order valence-electron chi connectivity index (χ3n) is 2.05. The Hall–Kier alpha value is -1.52. The van der Waals surface area contributed by atoms with Crippen molar-refractivity contribution in [2.75, 3.05) is 6.54 Å². The molecule has 5 nitrogen and oxygen atoms in total. The Morgan fingerprint density at radius 1 is 1.85 bits per heavy atom. The largest absolute Gasteiger partial charge is 0.334 e. The van der Waals surface area contributed by atoms with Gasteiger partial charge in [0, 0.05) is 0 Å². The summed E-state index contributed by atoms with van der Waals surface area (Å²) in [5, 5.41) is 7.91. The van der Waals surface area contributed by atoms with Gasteiger partial charge < -0.3 is 16.0 Å². The van der Waals surface area contributed by atoms with Crippen LogP contribution in [-0.4, -0.2) is 24.1 Å². The quantitative estimate of drug-likeness (QED) is 0.526. The molecule has 0 radical (unpaired) electrons.